The SMILES string of the molecule is CCn1ccc(CC(=O)Nc2ncc(C(=O)O)cc2C(F)(F)F)n1. The van der Waals surface area contributed by atoms with Crippen LogP contribution in [-0.2, 0) is 23.9 Å². The van der Waals surface area contributed by atoms with Crippen LogP contribution in [0, 0.1) is 0 Å². The third-order valence-electron chi connectivity index (χ3n) is 3.06. The highest BCUT2D eigenvalue weighted by Gasteiger charge is 2.35. The van der Waals surface area contributed by atoms with E-state index in [1.54, 1.807) is 16.9 Å². The number of amides is 1. The molecule has 0 aliphatic rings. The fourth-order valence-electron chi connectivity index (χ4n) is 1.91. The molecule has 0 aromatic carbocycles. The first-order valence-corrected chi connectivity index (χ1v) is 6.83. The van der Waals surface area contributed by atoms with Crippen molar-refractivity contribution in [3.05, 3.63) is 41.3 Å². The minimum Gasteiger partial charge on any atom is -0.478 e. The van der Waals surface area contributed by atoms with Crippen LogP contribution in [0.5, 0.6) is 0 Å². The van der Waals surface area contributed by atoms with E-state index in [1.165, 1.54) is 0 Å². The molecule has 2 aromatic heterocycles. The van der Waals surface area contributed by atoms with Gasteiger partial charge in [-0.1, -0.05) is 0 Å². The number of carboxylic acid groups (broad SMARTS) is 1. The number of aromatic carboxylic acids is 1. The molecule has 10 heteroatoms. The van der Waals surface area contributed by atoms with E-state index in [4.69, 9.17) is 5.11 Å². The zero-order valence-corrected chi connectivity index (χ0v) is 12.5. The van der Waals surface area contributed by atoms with Gasteiger partial charge in [0.1, 0.15) is 5.82 Å². The first-order chi connectivity index (χ1) is 11.2. The molecule has 1 amide bonds. The lowest BCUT2D eigenvalue weighted by Crippen LogP contribution is -2.20. The number of aromatic nitrogens is 3. The van der Waals surface area contributed by atoms with Gasteiger partial charge in [-0.15, -0.1) is 0 Å². The van der Waals surface area contributed by atoms with E-state index < -0.39 is 35.0 Å². The predicted molar refractivity (Wildman–Crippen MR) is 76.4 cm³/mol. The number of hydrogen-bond acceptors (Lipinski definition) is 4. The molecule has 128 valence electrons. The Kier molecular flexibility index (Phi) is 4.86. The minimum atomic E-state index is -4.86. The highest BCUT2D eigenvalue weighted by molar-refractivity contribution is 5.93. The van der Waals surface area contributed by atoms with Gasteiger partial charge >= 0.3 is 12.1 Å². The van der Waals surface area contributed by atoms with E-state index in [0.717, 1.165) is 6.20 Å². The fourth-order valence-corrected chi connectivity index (χ4v) is 1.91. The summed E-state index contributed by atoms with van der Waals surface area (Å²) >= 11 is 0. The lowest BCUT2D eigenvalue weighted by molar-refractivity contribution is -0.137. The summed E-state index contributed by atoms with van der Waals surface area (Å²) in [6, 6.07) is 2.01. The van der Waals surface area contributed by atoms with Gasteiger partial charge in [-0.05, 0) is 19.1 Å². The van der Waals surface area contributed by atoms with Crippen molar-refractivity contribution in [2.24, 2.45) is 0 Å². The van der Waals surface area contributed by atoms with Gasteiger partial charge in [0.05, 0.1) is 23.2 Å². The number of carboxylic acids is 1. The fraction of sp³-hybridized carbons (Fsp3) is 0.286. The maximum absolute atomic E-state index is 13.0. The molecule has 0 radical (unpaired) electrons. The van der Waals surface area contributed by atoms with Gasteiger partial charge in [0.2, 0.25) is 5.91 Å². The molecule has 0 fully saturated rings. The molecule has 2 N–H and O–H groups in total. The van der Waals surface area contributed by atoms with Crippen LogP contribution in [-0.4, -0.2) is 31.7 Å². The Morgan fingerprint density at radius 1 is 1.38 bits per heavy atom. The summed E-state index contributed by atoms with van der Waals surface area (Å²) in [5, 5.41) is 14.9. The molecule has 0 bridgehead atoms. The second-order valence-electron chi connectivity index (χ2n) is 4.81. The number of rotatable bonds is 5. The first-order valence-electron chi connectivity index (χ1n) is 6.83. The molecule has 7 nitrogen and oxygen atoms in total. The average molecular weight is 342 g/mol. The van der Waals surface area contributed by atoms with Crippen LogP contribution < -0.4 is 5.32 Å². The first kappa shape index (κ1) is 17.4. The van der Waals surface area contributed by atoms with E-state index in [1.807, 2.05) is 12.2 Å². The van der Waals surface area contributed by atoms with Crippen molar-refractivity contribution in [2.75, 3.05) is 5.32 Å². The van der Waals surface area contributed by atoms with Gasteiger partial charge < -0.3 is 10.4 Å². The molecule has 0 atom stereocenters. The van der Waals surface area contributed by atoms with Crippen molar-refractivity contribution in [1.82, 2.24) is 14.8 Å². The van der Waals surface area contributed by atoms with E-state index in [9.17, 15) is 22.8 Å². The van der Waals surface area contributed by atoms with Gasteiger partial charge in [-0.2, -0.15) is 18.3 Å². The Bertz CT molecular complexity index is 771. The quantitative estimate of drug-likeness (QED) is 0.868. The van der Waals surface area contributed by atoms with Crippen LogP contribution >= 0.6 is 0 Å². The Labute approximate surface area is 134 Å². The van der Waals surface area contributed by atoms with Crippen LogP contribution in [0.3, 0.4) is 0 Å². The zero-order chi connectivity index (χ0) is 17.9. The maximum atomic E-state index is 13.0. The van der Waals surface area contributed by atoms with Gasteiger partial charge in [-0.25, -0.2) is 9.78 Å². The lowest BCUT2D eigenvalue weighted by atomic mass is 10.1. The number of alkyl halides is 3. The third-order valence-corrected chi connectivity index (χ3v) is 3.06. The summed E-state index contributed by atoms with van der Waals surface area (Å²) in [4.78, 5) is 26.1. The smallest absolute Gasteiger partial charge is 0.419 e. The van der Waals surface area contributed by atoms with Gasteiger partial charge in [0.15, 0.2) is 0 Å². The van der Waals surface area contributed by atoms with E-state index >= 15 is 0 Å². The average Bonchev–Trinajstić information content (AvgIpc) is 2.93. The Morgan fingerprint density at radius 3 is 2.62 bits per heavy atom. The van der Waals surface area contributed by atoms with Crippen molar-refractivity contribution < 1.29 is 27.9 Å². The summed E-state index contributed by atoms with van der Waals surface area (Å²) < 4.78 is 40.6. The zero-order valence-electron chi connectivity index (χ0n) is 12.5. The van der Waals surface area contributed by atoms with Gasteiger partial charge in [-0.3, -0.25) is 9.48 Å². The van der Waals surface area contributed by atoms with Crippen LogP contribution in [0.4, 0.5) is 19.0 Å². The molecule has 24 heavy (non-hydrogen) atoms. The molecule has 2 aromatic rings. The number of anilines is 1. The van der Waals surface area contributed by atoms with Crippen LogP contribution in [0.25, 0.3) is 0 Å². The molecule has 0 saturated carbocycles. The Morgan fingerprint density at radius 2 is 2.08 bits per heavy atom. The number of aryl methyl sites for hydroxylation is 1. The molecular weight excluding hydrogens is 329 g/mol. The predicted octanol–water partition coefficient (Wildman–Crippen LogP) is 2.20. The van der Waals surface area contributed by atoms with E-state index in [2.05, 4.69) is 10.1 Å². The molecule has 0 aliphatic carbocycles. The van der Waals surface area contributed by atoms with Crippen molar-refractivity contribution >= 4 is 17.7 Å². The molecule has 2 rings (SSSR count). The standard InChI is InChI=1S/C14H13F3N4O3/c1-2-21-4-3-9(20-21)6-11(22)19-12-10(14(15,16)17)5-8(7-18-12)13(23)24/h3-5,7H,2,6H2,1H3,(H,23,24)(H,18,19,22). The second kappa shape index (κ2) is 6.69. The van der Waals surface area contributed by atoms with Crippen molar-refractivity contribution in [2.45, 2.75) is 26.1 Å². The molecule has 0 spiro atoms. The normalized spacial score (nSPS) is 11.3. The summed E-state index contributed by atoms with van der Waals surface area (Å²) in [6.45, 7) is 2.44. The monoisotopic (exact) mass is 342 g/mol. The number of carbonyl (C=O) groups excluding carboxylic acids is 1. The summed E-state index contributed by atoms with van der Waals surface area (Å²) in [7, 11) is 0. The minimum absolute atomic E-state index is 0.230. The topological polar surface area (TPSA) is 97.1 Å². The third kappa shape index (κ3) is 4.09. The maximum Gasteiger partial charge on any atom is 0.419 e. The molecular formula is C14H13F3N4O3. The van der Waals surface area contributed by atoms with Crippen LogP contribution in [0.1, 0.15) is 28.5 Å². The number of nitrogens with one attached hydrogen (secondary N) is 1. The number of pyridine rings is 1. The van der Waals surface area contributed by atoms with Crippen LogP contribution in [0.15, 0.2) is 24.5 Å². The Hall–Kier alpha value is -2.91. The molecule has 2 heterocycles. The highest BCUT2D eigenvalue weighted by atomic mass is 19.4. The van der Waals surface area contributed by atoms with E-state index in [-0.39, 0.29) is 6.42 Å². The van der Waals surface area contributed by atoms with Gasteiger partial charge in [0.25, 0.3) is 0 Å². The lowest BCUT2D eigenvalue weighted by Gasteiger charge is -2.13. The summed E-state index contributed by atoms with van der Waals surface area (Å²) in [6.07, 6.45) is -2.69. The molecule has 0 aliphatic heterocycles. The Balaban J connectivity index is 2.21. The summed E-state index contributed by atoms with van der Waals surface area (Å²) in [5.41, 5.74) is -1.55. The molecule has 0 unspecified atom stereocenters. The molecule has 0 saturated heterocycles. The number of nitrogens with zero attached hydrogens (tertiary/aromatic N) is 3. The largest absolute Gasteiger partial charge is 0.478 e. The summed E-state index contributed by atoms with van der Waals surface area (Å²) in [5.74, 6) is -3.03. The second-order valence-corrected chi connectivity index (χ2v) is 4.81. The van der Waals surface area contributed by atoms with Crippen molar-refractivity contribution in [3.8, 4) is 0 Å². The van der Waals surface area contributed by atoms with E-state index in [0.29, 0.717) is 18.3 Å². The highest BCUT2D eigenvalue weighted by Crippen LogP contribution is 2.34. The van der Waals surface area contributed by atoms with Gasteiger partial charge in [0, 0.05) is 18.9 Å². The number of halogens is 3. The van der Waals surface area contributed by atoms with Crippen LogP contribution in [0.2, 0.25) is 0 Å². The number of hydrogen-bond donors (Lipinski definition) is 2. The van der Waals surface area contributed by atoms with Crippen molar-refractivity contribution in [3.63, 3.8) is 0 Å². The van der Waals surface area contributed by atoms with Crippen molar-refractivity contribution in [1.29, 1.82) is 0 Å². The number of carbonyl (C=O) groups is 2.